The fraction of sp³-hybridized carbons (Fsp3) is 0.250. The number of hydrogen-bond acceptors (Lipinski definition) is 4. The molecule has 0 N–H and O–H groups in total. The Kier molecular flexibility index (Phi) is 4.37. The van der Waals surface area contributed by atoms with Crippen molar-refractivity contribution < 1.29 is 4.39 Å². The largest absolute Gasteiger partial charge is 0.356 e. The Morgan fingerprint density at radius 3 is 2.40 bits per heavy atom. The highest BCUT2D eigenvalue weighted by atomic mass is 19.1. The second-order valence-electron chi connectivity index (χ2n) is 6.23. The maximum absolute atomic E-state index is 13.3. The van der Waals surface area contributed by atoms with Crippen molar-refractivity contribution in [3.05, 3.63) is 60.7 Å². The molecule has 0 aliphatic carbocycles. The molecule has 1 aliphatic heterocycles. The molecule has 25 heavy (non-hydrogen) atoms. The Hall–Kier alpha value is -2.82. The topological polar surface area (TPSA) is 41.9 Å². The number of nitrogens with zero attached hydrogens (tertiary/aromatic N) is 4. The summed E-state index contributed by atoms with van der Waals surface area (Å²) in [5, 5.41) is 0. The summed E-state index contributed by atoms with van der Waals surface area (Å²) in [4.78, 5) is 15.9. The van der Waals surface area contributed by atoms with Gasteiger partial charge in [0.25, 0.3) is 0 Å². The van der Waals surface area contributed by atoms with E-state index in [0.717, 1.165) is 35.7 Å². The highest BCUT2D eigenvalue weighted by Gasteiger charge is 2.16. The smallest absolute Gasteiger partial charge is 0.163 e. The number of pyridine rings is 1. The van der Waals surface area contributed by atoms with Crippen molar-refractivity contribution in [1.82, 2.24) is 15.0 Å². The van der Waals surface area contributed by atoms with E-state index >= 15 is 0 Å². The van der Waals surface area contributed by atoms with Crippen molar-refractivity contribution in [2.45, 2.75) is 19.3 Å². The van der Waals surface area contributed by atoms with Gasteiger partial charge in [0.2, 0.25) is 0 Å². The van der Waals surface area contributed by atoms with Crippen LogP contribution in [0.1, 0.15) is 19.3 Å². The van der Waals surface area contributed by atoms with Crippen molar-refractivity contribution in [2.24, 2.45) is 0 Å². The Balaban J connectivity index is 1.81. The second-order valence-corrected chi connectivity index (χ2v) is 6.23. The summed E-state index contributed by atoms with van der Waals surface area (Å²) in [6.45, 7) is 2.01. The molecule has 126 valence electrons. The number of halogens is 1. The lowest BCUT2D eigenvalue weighted by atomic mass is 10.1. The summed E-state index contributed by atoms with van der Waals surface area (Å²) >= 11 is 0. The van der Waals surface area contributed by atoms with E-state index in [0.29, 0.717) is 5.82 Å². The number of hydrogen-bond donors (Lipinski definition) is 0. The lowest BCUT2D eigenvalue weighted by molar-refractivity contribution is 0.573. The van der Waals surface area contributed by atoms with Crippen LogP contribution in [0.25, 0.3) is 22.6 Å². The third-order valence-electron chi connectivity index (χ3n) is 4.45. The summed E-state index contributed by atoms with van der Waals surface area (Å²) in [5.41, 5.74) is 2.56. The van der Waals surface area contributed by atoms with Crippen LogP contribution in [0.15, 0.2) is 54.9 Å². The maximum atomic E-state index is 13.3. The van der Waals surface area contributed by atoms with Gasteiger partial charge in [-0.2, -0.15) is 0 Å². The molecular formula is C20H19FN4. The van der Waals surface area contributed by atoms with Gasteiger partial charge in [0, 0.05) is 42.7 Å². The lowest BCUT2D eigenvalue weighted by Gasteiger charge is -2.28. The van der Waals surface area contributed by atoms with Crippen LogP contribution in [0.2, 0.25) is 0 Å². The van der Waals surface area contributed by atoms with Gasteiger partial charge in [-0.05, 0) is 55.7 Å². The van der Waals surface area contributed by atoms with E-state index in [2.05, 4.69) is 9.88 Å². The van der Waals surface area contributed by atoms with Gasteiger partial charge < -0.3 is 4.90 Å². The van der Waals surface area contributed by atoms with E-state index in [9.17, 15) is 4.39 Å². The molecule has 0 spiro atoms. The minimum Gasteiger partial charge on any atom is -0.356 e. The SMILES string of the molecule is Fc1ccc(-c2cc(N3CCCCC3)nc(-c3cccnc3)n2)cc1. The summed E-state index contributed by atoms with van der Waals surface area (Å²) in [6, 6.07) is 12.3. The number of benzene rings is 1. The number of rotatable bonds is 3. The third kappa shape index (κ3) is 3.50. The average molecular weight is 334 g/mol. The molecule has 0 saturated carbocycles. The van der Waals surface area contributed by atoms with Gasteiger partial charge in [-0.15, -0.1) is 0 Å². The van der Waals surface area contributed by atoms with E-state index < -0.39 is 0 Å². The monoisotopic (exact) mass is 334 g/mol. The number of anilines is 1. The molecule has 5 heteroatoms. The molecule has 0 unspecified atom stereocenters. The molecule has 0 bridgehead atoms. The van der Waals surface area contributed by atoms with Crippen molar-refractivity contribution in [3.63, 3.8) is 0 Å². The molecule has 4 nitrogen and oxygen atoms in total. The molecule has 3 aromatic rings. The van der Waals surface area contributed by atoms with E-state index in [4.69, 9.17) is 9.97 Å². The first-order valence-electron chi connectivity index (χ1n) is 8.60. The predicted octanol–water partition coefficient (Wildman–Crippen LogP) is 4.34. The molecule has 4 rings (SSSR count). The zero-order valence-electron chi connectivity index (χ0n) is 13.9. The quantitative estimate of drug-likeness (QED) is 0.715. The average Bonchev–Trinajstić information content (AvgIpc) is 2.69. The van der Waals surface area contributed by atoms with Crippen LogP contribution in [0.4, 0.5) is 10.2 Å². The van der Waals surface area contributed by atoms with Gasteiger partial charge in [0.05, 0.1) is 5.69 Å². The van der Waals surface area contributed by atoms with Crippen molar-refractivity contribution in [1.29, 1.82) is 0 Å². The molecule has 1 fully saturated rings. The minimum atomic E-state index is -0.249. The normalized spacial score (nSPS) is 14.5. The van der Waals surface area contributed by atoms with Gasteiger partial charge in [-0.1, -0.05) is 0 Å². The molecule has 0 radical (unpaired) electrons. The van der Waals surface area contributed by atoms with Crippen LogP contribution in [-0.4, -0.2) is 28.0 Å². The second kappa shape index (κ2) is 6.97. The summed E-state index contributed by atoms with van der Waals surface area (Å²) < 4.78 is 13.3. The van der Waals surface area contributed by atoms with Crippen LogP contribution in [-0.2, 0) is 0 Å². The van der Waals surface area contributed by atoms with Crippen molar-refractivity contribution in [3.8, 4) is 22.6 Å². The van der Waals surface area contributed by atoms with Gasteiger partial charge in [-0.25, -0.2) is 14.4 Å². The third-order valence-corrected chi connectivity index (χ3v) is 4.45. The van der Waals surface area contributed by atoms with Crippen LogP contribution in [0.5, 0.6) is 0 Å². The first-order chi connectivity index (χ1) is 12.3. The zero-order chi connectivity index (χ0) is 17.1. The van der Waals surface area contributed by atoms with Gasteiger partial charge in [-0.3, -0.25) is 4.98 Å². The zero-order valence-corrected chi connectivity index (χ0v) is 13.9. The Labute approximate surface area is 146 Å². The fourth-order valence-corrected chi connectivity index (χ4v) is 3.11. The molecule has 2 aromatic heterocycles. The van der Waals surface area contributed by atoms with Crippen LogP contribution < -0.4 is 4.90 Å². The Bertz CT molecular complexity index is 843. The minimum absolute atomic E-state index is 0.249. The Morgan fingerprint density at radius 1 is 0.880 bits per heavy atom. The van der Waals surface area contributed by atoms with Crippen LogP contribution in [0, 0.1) is 5.82 Å². The van der Waals surface area contributed by atoms with E-state index in [1.54, 1.807) is 24.5 Å². The van der Waals surface area contributed by atoms with E-state index in [1.807, 2.05) is 18.2 Å². The summed E-state index contributed by atoms with van der Waals surface area (Å²) in [6.07, 6.45) is 7.13. The van der Waals surface area contributed by atoms with Crippen LogP contribution in [0.3, 0.4) is 0 Å². The highest BCUT2D eigenvalue weighted by Crippen LogP contribution is 2.27. The summed E-state index contributed by atoms with van der Waals surface area (Å²) in [5.74, 6) is 1.32. The van der Waals surface area contributed by atoms with E-state index in [-0.39, 0.29) is 5.82 Å². The molecule has 1 aromatic carbocycles. The van der Waals surface area contributed by atoms with Gasteiger partial charge in [0.1, 0.15) is 11.6 Å². The Morgan fingerprint density at radius 2 is 1.68 bits per heavy atom. The molecule has 0 atom stereocenters. The summed E-state index contributed by atoms with van der Waals surface area (Å²) in [7, 11) is 0. The first kappa shape index (κ1) is 15.7. The van der Waals surface area contributed by atoms with E-state index in [1.165, 1.54) is 31.4 Å². The first-order valence-corrected chi connectivity index (χ1v) is 8.60. The van der Waals surface area contributed by atoms with Gasteiger partial charge >= 0.3 is 0 Å². The molecule has 3 heterocycles. The molecule has 0 amide bonds. The maximum Gasteiger partial charge on any atom is 0.163 e. The lowest BCUT2D eigenvalue weighted by Crippen LogP contribution is -2.30. The van der Waals surface area contributed by atoms with Crippen LogP contribution >= 0.6 is 0 Å². The predicted molar refractivity (Wildman–Crippen MR) is 96.7 cm³/mol. The fourth-order valence-electron chi connectivity index (χ4n) is 3.11. The number of aromatic nitrogens is 3. The molecule has 1 aliphatic rings. The number of piperidine rings is 1. The van der Waals surface area contributed by atoms with Gasteiger partial charge in [0.15, 0.2) is 5.82 Å². The molecular weight excluding hydrogens is 315 g/mol. The standard InChI is InChI=1S/C20H19FN4/c21-17-8-6-15(7-9-17)18-13-19(25-11-2-1-3-12-25)24-20(23-18)16-5-4-10-22-14-16/h4-10,13-14H,1-3,11-12H2. The molecule has 1 saturated heterocycles. The highest BCUT2D eigenvalue weighted by molar-refractivity contribution is 5.67. The van der Waals surface area contributed by atoms with Crippen molar-refractivity contribution >= 4 is 5.82 Å². The van der Waals surface area contributed by atoms with Crippen molar-refractivity contribution in [2.75, 3.05) is 18.0 Å².